The largest absolute Gasteiger partial charge is 0.380 e. The molecule has 3 heteroatoms. The molecule has 0 N–H and O–H groups in total. The fraction of sp³-hybridized carbons (Fsp3) is 0.500. The first-order valence-electron chi connectivity index (χ1n) is 8.66. The minimum Gasteiger partial charge on any atom is -0.380 e. The van der Waals surface area contributed by atoms with Crippen molar-refractivity contribution in [2.45, 2.75) is 44.8 Å². The zero-order valence-electron chi connectivity index (χ0n) is 14.8. The molecular formula is C20H27N3. The molecule has 3 nitrogen and oxygen atoms in total. The van der Waals surface area contributed by atoms with E-state index in [-0.39, 0.29) is 0 Å². The number of benzene rings is 1. The average molecular weight is 309 g/mol. The highest BCUT2D eigenvalue weighted by atomic mass is 15.2. The Morgan fingerprint density at radius 1 is 1.30 bits per heavy atom. The lowest BCUT2D eigenvalue weighted by molar-refractivity contribution is 0.222. The molecule has 4 rings (SSSR count). The molecule has 2 aliphatic heterocycles. The third-order valence-corrected chi connectivity index (χ3v) is 5.95. The molecule has 122 valence electrons. The van der Waals surface area contributed by atoms with E-state index in [1.807, 2.05) is 0 Å². The molecule has 23 heavy (non-hydrogen) atoms. The molecule has 0 spiro atoms. The SMILES string of the molecule is C=C(Cn1c2c(c3cc(C)ccc31)C1CCC(C2)N1C)N(C)C. The number of fused-ring (bicyclic) bond motifs is 6. The molecule has 0 aliphatic carbocycles. The third-order valence-electron chi connectivity index (χ3n) is 5.95. The van der Waals surface area contributed by atoms with E-state index in [4.69, 9.17) is 0 Å². The van der Waals surface area contributed by atoms with Crippen molar-refractivity contribution in [2.75, 3.05) is 21.1 Å². The molecule has 3 heterocycles. The van der Waals surface area contributed by atoms with Crippen LogP contribution in [0.4, 0.5) is 0 Å². The van der Waals surface area contributed by atoms with Gasteiger partial charge in [0.05, 0.1) is 6.54 Å². The standard InChI is InChI=1S/C20H27N3/c1-13-6-8-17-16(10-13)20-18-9-7-15(22(18)5)11-19(20)23(17)12-14(2)21(3)4/h6,8,10,15,18H,2,7,9,11-12H2,1,3-5H3. The molecule has 2 aromatic rings. The minimum absolute atomic E-state index is 0.599. The minimum atomic E-state index is 0.599. The molecule has 0 saturated carbocycles. The Hall–Kier alpha value is -1.74. The van der Waals surface area contributed by atoms with Crippen LogP contribution in [0.1, 0.15) is 35.7 Å². The van der Waals surface area contributed by atoms with Crippen molar-refractivity contribution in [3.63, 3.8) is 0 Å². The number of rotatable bonds is 3. The van der Waals surface area contributed by atoms with Gasteiger partial charge in [-0.25, -0.2) is 0 Å². The molecule has 2 aliphatic rings. The fourth-order valence-electron chi connectivity index (χ4n) is 4.47. The second-order valence-corrected chi connectivity index (χ2v) is 7.54. The van der Waals surface area contributed by atoms with E-state index >= 15 is 0 Å². The van der Waals surface area contributed by atoms with Gasteiger partial charge in [-0.05, 0) is 44.5 Å². The Balaban J connectivity index is 1.93. The number of hydrogen-bond donors (Lipinski definition) is 0. The summed E-state index contributed by atoms with van der Waals surface area (Å²) in [5.41, 5.74) is 7.04. The quantitative estimate of drug-likeness (QED) is 0.856. The van der Waals surface area contributed by atoms with Gasteiger partial charge in [0.25, 0.3) is 0 Å². The van der Waals surface area contributed by atoms with Gasteiger partial charge in [-0.1, -0.05) is 18.2 Å². The van der Waals surface area contributed by atoms with Crippen molar-refractivity contribution < 1.29 is 0 Å². The molecule has 1 aromatic heterocycles. The van der Waals surface area contributed by atoms with Crippen molar-refractivity contribution >= 4 is 10.9 Å². The predicted molar refractivity (Wildman–Crippen MR) is 96.7 cm³/mol. The first-order chi connectivity index (χ1) is 11.0. The van der Waals surface area contributed by atoms with Crippen molar-refractivity contribution in [1.29, 1.82) is 0 Å². The Morgan fingerprint density at radius 2 is 2.09 bits per heavy atom. The Labute approximate surface area is 139 Å². The summed E-state index contributed by atoms with van der Waals surface area (Å²) in [6, 6.07) is 8.24. The average Bonchev–Trinajstić information content (AvgIpc) is 2.91. The summed E-state index contributed by atoms with van der Waals surface area (Å²) in [5, 5.41) is 1.46. The van der Waals surface area contributed by atoms with Crippen molar-refractivity contribution in [3.8, 4) is 0 Å². The van der Waals surface area contributed by atoms with Crippen LogP contribution in [0.15, 0.2) is 30.5 Å². The van der Waals surface area contributed by atoms with Gasteiger partial charge in [-0.3, -0.25) is 4.90 Å². The van der Waals surface area contributed by atoms with E-state index in [2.05, 4.69) is 67.2 Å². The molecule has 0 radical (unpaired) electrons. The molecule has 2 unspecified atom stereocenters. The molecule has 1 fully saturated rings. The Morgan fingerprint density at radius 3 is 2.83 bits per heavy atom. The fourth-order valence-corrected chi connectivity index (χ4v) is 4.47. The number of allylic oxidation sites excluding steroid dienone is 1. The third kappa shape index (κ3) is 2.13. The maximum absolute atomic E-state index is 4.27. The lowest BCUT2D eigenvalue weighted by Crippen LogP contribution is -2.34. The smallest absolute Gasteiger partial charge is 0.0621 e. The number of likely N-dealkylation sites (N-methyl/N-ethyl adjacent to an activating group) is 2. The topological polar surface area (TPSA) is 11.4 Å². The van der Waals surface area contributed by atoms with E-state index in [1.54, 1.807) is 11.3 Å². The highest BCUT2D eigenvalue weighted by Gasteiger charge is 2.40. The summed E-state index contributed by atoms with van der Waals surface area (Å²) in [4.78, 5) is 4.74. The van der Waals surface area contributed by atoms with Crippen LogP contribution >= 0.6 is 0 Å². The lowest BCUT2D eigenvalue weighted by atomic mass is 9.97. The van der Waals surface area contributed by atoms with E-state index < -0.39 is 0 Å². The molecule has 2 bridgehead atoms. The van der Waals surface area contributed by atoms with Gasteiger partial charge >= 0.3 is 0 Å². The Kier molecular flexibility index (Phi) is 3.31. The maximum Gasteiger partial charge on any atom is 0.0621 e. The van der Waals surface area contributed by atoms with E-state index in [0.29, 0.717) is 12.1 Å². The molecule has 1 aromatic carbocycles. The van der Waals surface area contributed by atoms with Crippen LogP contribution < -0.4 is 0 Å². The van der Waals surface area contributed by atoms with Crippen LogP contribution in [-0.4, -0.2) is 41.6 Å². The molecule has 1 saturated heterocycles. The van der Waals surface area contributed by atoms with Gasteiger partial charge in [0, 0.05) is 54.9 Å². The van der Waals surface area contributed by atoms with Gasteiger partial charge in [0.1, 0.15) is 0 Å². The lowest BCUT2D eigenvalue weighted by Gasteiger charge is -2.32. The molecular weight excluding hydrogens is 282 g/mol. The van der Waals surface area contributed by atoms with Crippen molar-refractivity contribution in [2.24, 2.45) is 0 Å². The highest BCUT2D eigenvalue weighted by Crippen LogP contribution is 2.47. The number of aryl methyl sites for hydroxylation is 1. The van der Waals surface area contributed by atoms with Gasteiger partial charge < -0.3 is 9.47 Å². The van der Waals surface area contributed by atoms with Crippen LogP contribution in [0.25, 0.3) is 10.9 Å². The van der Waals surface area contributed by atoms with Crippen LogP contribution in [-0.2, 0) is 13.0 Å². The summed E-state index contributed by atoms with van der Waals surface area (Å²) in [5.74, 6) is 0. The number of aromatic nitrogens is 1. The monoisotopic (exact) mass is 309 g/mol. The van der Waals surface area contributed by atoms with E-state index in [0.717, 1.165) is 12.2 Å². The van der Waals surface area contributed by atoms with Gasteiger partial charge in [0.2, 0.25) is 0 Å². The van der Waals surface area contributed by atoms with Crippen LogP contribution in [0.2, 0.25) is 0 Å². The first kappa shape index (κ1) is 14.8. The summed E-state index contributed by atoms with van der Waals surface area (Å²) in [6.45, 7) is 7.36. The highest BCUT2D eigenvalue weighted by molar-refractivity contribution is 5.87. The predicted octanol–water partition coefficient (Wildman–Crippen LogP) is 3.72. The number of nitrogens with zero attached hydrogens (tertiary/aromatic N) is 3. The van der Waals surface area contributed by atoms with Gasteiger partial charge in [-0.15, -0.1) is 0 Å². The van der Waals surface area contributed by atoms with Crippen LogP contribution in [0, 0.1) is 6.92 Å². The van der Waals surface area contributed by atoms with Crippen LogP contribution in [0.3, 0.4) is 0 Å². The summed E-state index contributed by atoms with van der Waals surface area (Å²) >= 11 is 0. The van der Waals surface area contributed by atoms with Crippen LogP contribution in [0.5, 0.6) is 0 Å². The zero-order valence-corrected chi connectivity index (χ0v) is 14.8. The number of hydrogen-bond acceptors (Lipinski definition) is 2. The normalized spacial score (nSPS) is 23.3. The maximum atomic E-state index is 4.27. The molecule has 2 atom stereocenters. The van der Waals surface area contributed by atoms with E-state index in [1.165, 1.54) is 35.7 Å². The van der Waals surface area contributed by atoms with Gasteiger partial charge in [-0.2, -0.15) is 0 Å². The Bertz CT molecular complexity index is 784. The molecule has 0 amide bonds. The van der Waals surface area contributed by atoms with Crippen molar-refractivity contribution in [3.05, 3.63) is 47.3 Å². The zero-order chi connectivity index (χ0) is 16.3. The van der Waals surface area contributed by atoms with Crippen molar-refractivity contribution in [1.82, 2.24) is 14.4 Å². The summed E-state index contributed by atoms with van der Waals surface area (Å²) < 4.78 is 2.53. The first-order valence-corrected chi connectivity index (χ1v) is 8.66. The summed E-state index contributed by atoms with van der Waals surface area (Å²) in [6.07, 6.45) is 3.81. The second kappa shape index (κ2) is 5.13. The van der Waals surface area contributed by atoms with Gasteiger partial charge in [0.15, 0.2) is 0 Å². The van der Waals surface area contributed by atoms with E-state index in [9.17, 15) is 0 Å². The summed E-state index contributed by atoms with van der Waals surface area (Å²) in [7, 11) is 6.48. The second-order valence-electron chi connectivity index (χ2n) is 7.54.